The van der Waals surface area contributed by atoms with E-state index in [1.807, 2.05) is 31.9 Å². The third-order valence-corrected chi connectivity index (χ3v) is 3.09. The van der Waals surface area contributed by atoms with Crippen molar-refractivity contribution in [3.8, 4) is 0 Å². The van der Waals surface area contributed by atoms with E-state index in [0.29, 0.717) is 0 Å². The Hall–Kier alpha value is -0.970. The molecule has 96 valence electrons. The number of hydrogen-bond acceptors (Lipinski definition) is 3. The zero-order valence-corrected chi connectivity index (χ0v) is 10.6. The van der Waals surface area contributed by atoms with Crippen molar-refractivity contribution < 1.29 is 9.50 Å². The van der Waals surface area contributed by atoms with Crippen molar-refractivity contribution in [2.45, 2.75) is 32.0 Å². The quantitative estimate of drug-likeness (QED) is 0.820. The highest BCUT2D eigenvalue weighted by atomic mass is 19.1. The standard InChI is InChI=1S/C13H21FN2O/c1-9(8-17)16(3)13(10(2)15)11-5-4-6-12(14)7-11/h4-7,9-10,13,17H,8,15H2,1-3H3. The lowest BCUT2D eigenvalue weighted by Crippen LogP contribution is -2.43. The minimum absolute atomic E-state index is 0.0192. The molecule has 3 nitrogen and oxygen atoms in total. The van der Waals surface area contributed by atoms with Crippen molar-refractivity contribution in [1.29, 1.82) is 0 Å². The first-order chi connectivity index (χ1) is 7.97. The van der Waals surface area contributed by atoms with Crippen molar-refractivity contribution >= 4 is 0 Å². The van der Waals surface area contributed by atoms with Gasteiger partial charge in [0, 0.05) is 18.1 Å². The van der Waals surface area contributed by atoms with E-state index in [1.54, 1.807) is 6.07 Å². The summed E-state index contributed by atoms with van der Waals surface area (Å²) in [7, 11) is 1.89. The maximum atomic E-state index is 13.2. The molecule has 0 spiro atoms. The zero-order chi connectivity index (χ0) is 13.0. The van der Waals surface area contributed by atoms with Crippen molar-refractivity contribution in [2.75, 3.05) is 13.7 Å². The molecule has 0 bridgehead atoms. The number of nitrogens with zero attached hydrogens (tertiary/aromatic N) is 1. The van der Waals surface area contributed by atoms with Crippen molar-refractivity contribution in [1.82, 2.24) is 4.90 Å². The molecule has 0 saturated carbocycles. The molecule has 0 saturated heterocycles. The highest BCUT2D eigenvalue weighted by Gasteiger charge is 2.24. The molecule has 1 aromatic rings. The van der Waals surface area contributed by atoms with Crippen LogP contribution in [0.2, 0.25) is 0 Å². The number of likely N-dealkylation sites (N-methyl/N-ethyl adjacent to an activating group) is 1. The number of nitrogens with two attached hydrogens (primary N) is 1. The van der Waals surface area contributed by atoms with Gasteiger partial charge in [-0.1, -0.05) is 12.1 Å². The molecule has 0 aromatic heterocycles. The van der Waals surface area contributed by atoms with Crippen LogP contribution in [0.4, 0.5) is 4.39 Å². The molecule has 3 N–H and O–H groups in total. The smallest absolute Gasteiger partial charge is 0.123 e. The van der Waals surface area contributed by atoms with E-state index in [1.165, 1.54) is 12.1 Å². The Balaban J connectivity index is 3.01. The molecule has 0 fully saturated rings. The van der Waals surface area contributed by atoms with Crippen LogP contribution in [0.25, 0.3) is 0 Å². The van der Waals surface area contributed by atoms with Crippen LogP contribution in [0, 0.1) is 5.82 Å². The molecule has 0 amide bonds. The number of hydrogen-bond donors (Lipinski definition) is 2. The van der Waals surface area contributed by atoms with Gasteiger partial charge < -0.3 is 10.8 Å². The van der Waals surface area contributed by atoms with Crippen molar-refractivity contribution in [3.63, 3.8) is 0 Å². The molecule has 17 heavy (non-hydrogen) atoms. The average molecular weight is 240 g/mol. The summed E-state index contributed by atoms with van der Waals surface area (Å²) in [6.07, 6.45) is 0. The zero-order valence-electron chi connectivity index (χ0n) is 10.6. The third-order valence-electron chi connectivity index (χ3n) is 3.09. The Morgan fingerprint density at radius 2 is 2.06 bits per heavy atom. The van der Waals surface area contributed by atoms with Crippen molar-refractivity contribution in [2.24, 2.45) is 5.73 Å². The van der Waals surface area contributed by atoms with Crippen LogP contribution in [-0.2, 0) is 0 Å². The van der Waals surface area contributed by atoms with Gasteiger partial charge in [0.25, 0.3) is 0 Å². The highest BCUT2D eigenvalue weighted by molar-refractivity contribution is 5.21. The summed E-state index contributed by atoms with van der Waals surface area (Å²) < 4.78 is 13.2. The summed E-state index contributed by atoms with van der Waals surface area (Å²) >= 11 is 0. The minimum Gasteiger partial charge on any atom is -0.395 e. The largest absolute Gasteiger partial charge is 0.395 e. The van der Waals surface area contributed by atoms with Gasteiger partial charge in [0.05, 0.1) is 6.61 Å². The molecule has 0 radical (unpaired) electrons. The number of aliphatic hydroxyl groups excluding tert-OH is 1. The summed E-state index contributed by atoms with van der Waals surface area (Å²) in [6, 6.07) is 6.18. The molecule has 1 rings (SSSR count). The van der Waals surface area contributed by atoms with Gasteiger partial charge in [0.15, 0.2) is 0 Å². The van der Waals surface area contributed by atoms with Gasteiger partial charge in [-0.3, -0.25) is 4.90 Å². The number of aliphatic hydroxyl groups is 1. The molecule has 0 aliphatic heterocycles. The lowest BCUT2D eigenvalue weighted by molar-refractivity contribution is 0.109. The maximum Gasteiger partial charge on any atom is 0.123 e. The molecule has 4 heteroatoms. The Kier molecular flexibility index (Phi) is 5.05. The second-order valence-electron chi connectivity index (χ2n) is 4.56. The average Bonchev–Trinajstić information content (AvgIpc) is 2.27. The first-order valence-electron chi connectivity index (χ1n) is 5.81. The van der Waals surface area contributed by atoms with Crippen LogP contribution in [0.5, 0.6) is 0 Å². The van der Waals surface area contributed by atoms with Gasteiger partial charge in [-0.15, -0.1) is 0 Å². The van der Waals surface area contributed by atoms with Crippen LogP contribution >= 0.6 is 0 Å². The normalized spacial score (nSPS) is 16.9. The monoisotopic (exact) mass is 240 g/mol. The lowest BCUT2D eigenvalue weighted by atomic mass is 9.98. The summed E-state index contributed by atoms with van der Waals surface area (Å²) in [5.74, 6) is -0.266. The number of benzene rings is 1. The summed E-state index contributed by atoms with van der Waals surface area (Å²) in [4.78, 5) is 1.97. The van der Waals surface area contributed by atoms with Gasteiger partial charge in [0.1, 0.15) is 5.82 Å². The Labute approximate surface area is 102 Å². The van der Waals surface area contributed by atoms with Gasteiger partial charge >= 0.3 is 0 Å². The Morgan fingerprint density at radius 1 is 1.41 bits per heavy atom. The Morgan fingerprint density at radius 3 is 2.53 bits per heavy atom. The summed E-state index contributed by atoms with van der Waals surface area (Å²) in [6.45, 7) is 3.85. The number of rotatable bonds is 5. The van der Waals surface area contributed by atoms with E-state index in [0.717, 1.165) is 5.56 Å². The van der Waals surface area contributed by atoms with Gasteiger partial charge in [-0.25, -0.2) is 4.39 Å². The predicted molar refractivity (Wildman–Crippen MR) is 67.1 cm³/mol. The lowest BCUT2D eigenvalue weighted by Gasteiger charge is -2.35. The first-order valence-corrected chi connectivity index (χ1v) is 5.81. The van der Waals surface area contributed by atoms with Crippen LogP contribution in [0.1, 0.15) is 25.5 Å². The topological polar surface area (TPSA) is 49.5 Å². The molecule has 3 unspecified atom stereocenters. The first kappa shape index (κ1) is 14.1. The predicted octanol–water partition coefficient (Wildman–Crippen LogP) is 1.53. The van der Waals surface area contributed by atoms with Gasteiger partial charge in [0.2, 0.25) is 0 Å². The molecule has 0 aliphatic carbocycles. The van der Waals surface area contributed by atoms with Gasteiger partial charge in [-0.2, -0.15) is 0 Å². The SMILES string of the molecule is CC(N)C(c1cccc(F)c1)N(C)C(C)CO. The Bertz CT molecular complexity index is 357. The van der Waals surface area contributed by atoms with E-state index in [-0.39, 0.29) is 30.5 Å². The van der Waals surface area contributed by atoms with Crippen LogP contribution < -0.4 is 5.73 Å². The molecular formula is C13H21FN2O. The molecule has 0 aliphatic rings. The second kappa shape index (κ2) is 6.10. The summed E-state index contributed by atoms with van der Waals surface area (Å²) in [5.41, 5.74) is 6.80. The van der Waals surface area contributed by atoms with E-state index in [9.17, 15) is 9.50 Å². The fourth-order valence-corrected chi connectivity index (χ4v) is 2.00. The minimum atomic E-state index is -0.266. The summed E-state index contributed by atoms with van der Waals surface area (Å²) in [5, 5.41) is 9.18. The maximum absolute atomic E-state index is 13.2. The fourth-order valence-electron chi connectivity index (χ4n) is 2.00. The van der Waals surface area contributed by atoms with E-state index < -0.39 is 0 Å². The van der Waals surface area contributed by atoms with Crippen LogP contribution in [0.15, 0.2) is 24.3 Å². The number of halogens is 1. The van der Waals surface area contributed by atoms with Crippen molar-refractivity contribution in [3.05, 3.63) is 35.6 Å². The molecule has 1 aromatic carbocycles. The van der Waals surface area contributed by atoms with E-state index in [4.69, 9.17) is 5.73 Å². The fraction of sp³-hybridized carbons (Fsp3) is 0.538. The second-order valence-corrected chi connectivity index (χ2v) is 4.56. The van der Waals surface area contributed by atoms with E-state index >= 15 is 0 Å². The third kappa shape index (κ3) is 3.49. The molecular weight excluding hydrogens is 219 g/mol. The molecule has 3 atom stereocenters. The van der Waals surface area contributed by atoms with Crippen LogP contribution in [-0.4, -0.2) is 35.7 Å². The van der Waals surface area contributed by atoms with E-state index in [2.05, 4.69) is 0 Å². The molecule has 0 heterocycles. The van der Waals surface area contributed by atoms with Crippen LogP contribution in [0.3, 0.4) is 0 Å². The van der Waals surface area contributed by atoms with Gasteiger partial charge in [-0.05, 0) is 38.6 Å². The highest BCUT2D eigenvalue weighted by Crippen LogP contribution is 2.24.